The van der Waals surface area contributed by atoms with Gasteiger partial charge in [-0.2, -0.15) is 13.2 Å². The molecule has 0 saturated heterocycles. The van der Waals surface area contributed by atoms with Crippen LogP contribution in [0.3, 0.4) is 0 Å². The van der Waals surface area contributed by atoms with Gasteiger partial charge in [0.25, 0.3) is 0 Å². The van der Waals surface area contributed by atoms with Gasteiger partial charge in [-0.3, -0.25) is 4.79 Å². The summed E-state index contributed by atoms with van der Waals surface area (Å²) in [6.45, 7) is 0. The van der Waals surface area contributed by atoms with Crippen LogP contribution >= 0.6 is 23.1 Å². The molecule has 1 fully saturated rings. The first-order chi connectivity index (χ1) is 12.4. The molecule has 140 valence electrons. The van der Waals surface area contributed by atoms with Crippen LogP contribution in [0.4, 0.5) is 18.3 Å². The molecule has 1 aliphatic carbocycles. The number of nitrogens with zero attached hydrogens (tertiary/aromatic N) is 2. The van der Waals surface area contributed by atoms with Crippen LogP contribution in [-0.4, -0.2) is 22.3 Å². The number of carbonyl (C=O) groups excluding carboxylic acids is 1. The Morgan fingerprint density at radius 3 is 2.73 bits per heavy atom. The standard InChI is InChI=1S/C17H18F3N3OS2/c18-17(19,20)13-8-4-7-12(9-13)14(24)21-15-22-23-16(26-15)25-10-11-5-2-1-3-6-11/h1-3,5-6,12-13H,4,7-10H2,(H,21,22,24)/t12-,13+/m0/s1. The second-order valence-corrected chi connectivity index (χ2v) is 8.44. The lowest BCUT2D eigenvalue weighted by atomic mass is 9.80. The van der Waals surface area contributed by atoms with Gasteiger partial charge in [-0.15, -0.1) is 10.2 Å². The summed E-state index contributed by atoms with van der Waals surface area (Å²) in [6.07, 6.45) is -3.39. The third kappa shape index (κ3) is 5.20. The molecule has 2 aromatic rings. The van der Waals surface area contributed by atoms with Crippen molar-refractivity contribution in [3.05, 3.63) is 35.9 Å². The van der Waals surface area contributed by atoms with Crippen LogP contribution in [0.15, 0.2) is 34.7 Å². The highest BCUT2D eigenvalue weighted by atomic mass is 32.2. The minimum Gasteiger partial charge on any atom is -0.300 e. The number of thioether (sulfide) groups is 1. The van der Waals surface area contributed by atoms with Gasteiger partial charge >= 0.3 is 6.18 Å². The van der Waals surface area contributed by atoms with Crippen molar-refractivity contribution in [2.45, 2.75) is 42.0 Å². The molecule has 0 bridgehead atoms. The van der Waals surface area contributed by atoms with Gasteiger partial charge in [0.05, 0.1) is 5.92 Å². The SMILES string of the molecule is O=C(Nc1nnc(SCc2ccccc2)s1)[C@H]1CCC[C@@H](C(F)(F)F)C1. The van der Waals surface area contributed by atoms with Crippen molar-refractivity contribution in [2.24, 2.45) is 11.8 Å². The van der Waals surface area contributed by atoms with Crippen molar-refractivity contribution in [1.82, 2.24) is 10.2 Å². The number of aromatic nitrogens is 2. The first kappa shape index (κ1) is 19.2. The lowest BCUT2D eigenvalue weighted by molar-refractivity contribution is -0.185. The number of alkyl halides is 3. The maximum Gasteiger partial charge on any atom is 0.391 e. The molecule has 0 unspecified atom stereocenters. The highest BCUT2D eigenvalue weighted by Gasteiger charge is 2.43. The Morgan fingerprint density at radius 2 is 2.00 bits per heavy atom. The van der Waals surface area contributed by atoms with Crippen molar-refractivity contribution in [3.63, 3.8) is 0 Å². The van der Waals surface area contributed by atoms with Crippen molar-refractivity contribution in [3.8, 4) is 0 Å². The van der Waals surface area contributed by atoms with Crippen LogP contribution < -0.4 is 5.32 Å². The lowest BCUT2D eigenvalue weighted by Crippen LogP contribution is -2.34. The zero-order chi connectivity index (χ0) is 18.6. The Labute approximate surface area is 157 Å². The molecule has 0 radical (unpaired) electrons. The highest BCUT2D eigenvalue weighted by molar-refractivity contribution is 8.00. The van der Waals surface area contributed by atoms with Crippen LogP contribution in [0, 0.1) is 11.8 Å². The van der Waals surface area contributed by atoms with Crippen LogP contribution in [0.25, 0.3) is 0 Å². The molecule has 2 atom stereocenters. The molecule has 26 heavy (non-hydrogen) atoms. The van der Waals surface area contributed by atoms with Crippen LogP contribution in [0.1, 0.15) is 31.2 Å². The van der Waals surface area contributed by atoms with Gasteiger partial charge in [-0.1, -0.05) is 59.9 Å². The summed E-state index contributed by atoms with van der Waals surface area (Å²) in [5.74, 6) is -1.67. The van der Waals surface area contributed by atoms with Crippen molar-refractivity contribution in [1.29, 1.82) is 0 Å². The van der Waals surface area contributed by atoms with Crippen LogP contribution in [0.2, 0.25) is 0 Å². The first-order valence-electron chi connectivity index (χ1n) is 8.29. The maximum atomic E-state index is 12.9. The van der Waals surface area contributed by atoms with Gasteiger partial charge in [-0.05, 0) is 24.8 Å². The summed E-state index contributed by atoms with van der Waals surface area (Å²) < 4.78 is 39.3. The summed E-state index contributed by atoms with van der Waals surface area (Å²) in [5.41, 5.74) is 1.15. The van der Waals surface area contributed by atoms with Crippen molar-refractivity contribution >= 4 is 34.1 Å². The molecule has 3 rings (SSSR count). The van der Waals surface area contributed by atoms with E-state index < -0.39 is 23.9 Å². The van der Waals surface area contributed by atoms with E-state index in [1.54, 1.807) is 0 Å². The Bertz CT molecular complexity index is 736. The van der Waals surface area contributed by atoms with Gasteiger partial charge in [0.2, 0.25) is 11.0 Å². The summed E-state index contributed by atoms with van der Waals surface area (Å²) in [6, 6.07) is 9.88. The number of nitrogens with one attached hydrogen (secondary N) is 1. The van der Waals surface area contributed by atoms with Crippen molar-refractivity contribution in [2.75, 3.05) is 5.32 Å². The molecule has 1 amide bonds. The van der Waals surface area contributed by atoms with E-state index in [-0.39, 0.29) is 12.8 Å². The molecule has 1 saturated carbocycles. The van der Waals surface area contributed by atoms with E-state index in [2.05, 4.69) is 15.5 Å². The second kappa shape index (κ2) is 8.39. The molecule has 4 nitrogen and oxygen atoms in total. The van der Waals surface area contributed by atoms with E-state index in [0.29, 0.717) is 22.3 Å². The Kier molecular flexibility index (Phi) is 6.18. The molecule has 1 aliphatic rings. The number of halogens is 3. The number of amides is 1. The zero-order valence-corrected chi connectivity index (χ0v) is 15.5. The predicted molar refractivity (Wildman–Crippen MR) is 96.0 cm³/mol. The van der Waals surface area contributed by atoms with E-state index in [1.165, 1.54) is 23.1 Å². The molecular formula is C17H18F3N3OS2. The number of rotatable bonds is 5. The monoisotopic (exact) mass is 401 g/mol. The van der Waals surface area contributed by atoms with Gasteiger partial charge in [-0.25, -0.2) is 0 Å². The Balaban J connectivity index is 1.52. The fourth-order valence-corrected chi connectivity index (χ4v) is 4.68. The van der Waals surface area contributed by atoms with Crippen LogP contribution in [-0.2, 0) is 10.5 Å². The molecule has 1 aromatic heterocycles. The topological polar surface area (TPSA) is 54.9 Å². The minimum atomic E-state index is -4.23. The Morgan fingerprint density at radius 1 is 1.23 bits per heavy atom. The average Bonchev–Trinajstić information content (AvgIpc) is 3.07. The number of anilines is 1. The second-order valence-electron chi connectivity index (χ2n) is 6.24. The fraction of sp³-hybridized carbons (Fsp3) is 0.471. The predicted octanol–water partition coefficient (Wildman–Crippen LogP) is 5.14. The van der Waals surface area contributed by atoms with E-state index in [1.807, 2.05) is 30.3 Å². The summed E-state index contributed by atoms with van der Waals surface area (Å²) in [5, 5.41) is 10.9. The quantitative estimate of drug-likeness (QED) is 0.557. The Hall–Kier alpha value is -1.61. The molecule has 1 heterocycles. The summed E-state index contributed by atoms with van der Waals surface area (Å²) in [7, 11) is 0. The van der Waals surface area contributed by atoms with Gasteiger partial charge in [0, 0.05) is 11.7 Å². The highest BCUT2D eigenvalue weighted by Crippen LogP contribution is 2.40. The van der Waals surface area contributed by atoms with Gasteiger partial charge < -0.3 is 5.32 Å². The molecule has 9 heteroatoms. The van der Waals surface area contributed by atoms with Crippen LogP contribution in [0.5, 0.6) is 0 Å². The zero-order valence-electron chi connectivity index (χ0n) is 13.8. The molecular weight excluding hydrogens is 383 g/mol. The smallest absolute Gasteiger partial charge is 0.300 e. The maximum absolute atomic E-state index is 12.9. The number of hydrogen-bond acceptors (Lipinski definition) is 5. The third-order valence-corrected chi connectivity index (χ3v) is 6.39. The van der Waals surface area contributed by atoms with E-state index >= 15 is 0 Å². The van der Waals surface area contributed by atoms with Gasteiger partial charge in [0.1, 0.15) is 0 Å². The first-order valence-corrected chi connectivity index (χ1v) is 10.1. The van der Waals surface area contributed by atoms with E-state index in [4.69, 9.17) is 0 Å². The molecule has 0 spiro atoms. The largest absolute Gasteiger partial charge is 0.391 e. The average molecular weight is 401 g/mol. The summed E-state index contributed by atoms with van der Waals surface area (Å²) in [4.78, 5) is 12.3. The van der Waals surface area contributed by atoms with Gasteiger partial charge in [0.15, 0.2) is 4.34 Å². The number of carbonyl (C=O) groups is 1. The number of benzene rings is 1. The molecule has 0 aliphatic heterocycles. The normalized spacial score (nSPS) is 20.7. The third-order valence-electron chi connectivity index (χ3n) is 4.35. The number of hydrogen-bond donors (Lipinski definition) is 1. The van der Waals surface area contributed by atoms with Crippen molar-refractivity contribution < 1.29 is 18.0 Å². The minimum absolute atomic E-state index is 0.104. The molecule has 1 aromatic carbocycles. The fourth-order valence-electron chi connectivity index (χ4n) is 2.97. The van der Waals surface area contributed by atoms with E-state index in [0.717, 1.165) is 11.3 Å². The molecule has 1 N–H and O–H groups in total. The summed E-state index contributed by atoms with van der Waals surface area (Å²) >= 11 is 2.74. The lowest BCUT2D eigenvalue weighted by Gasteiger charge is -2.29. The van der Waals surface area contributed by atoms with E-state index in [9.17, 15) is 18.0 Å².